The van der Waals surface area contributed by atoms with E-state index in [0.29, 0.717) is 29.9 Å². The van der Waals surface area contributed by atoms with Gasteiger partial charge in [-0.2, -0.15) is 0 Å². The number of anilines is 3. The summed E-state index contributed by atoms with van der Waals surface area (Å²) in [5, 5.41) is 8.37. The lowest BCUT2D eigenvalue weighted by molar-refractivity contribution is -0.116. The zero-order chi connectivity index (χ0) is 18.2. The van der Waals surface area contributed by atoms with Crippen LogP contribution in [0.4, 0.5) is 21.9 Å². The smallest absolute Gasteiger partial charge is 0.323 e. The Morgan fingerprint density at radius 3 is 2.36 bits per heavy atom. The first kappa shape index (κ1) is 18.5. The minimum atomic E-state index is -0.343. The van der Waals surface area contributed by atoms with Gasteiger partial charge < -0.3 is 21.7 Å². The molecule has 0 radical (unpaired) electrons. The average Bonchev–Trinajstić information content (AvgIpc) is 2.57. The zero-order valence-corrected chi connectivity index (χ0v) is 14.5. The fourth-order valence-electron chi connectivity index (χ4n) is 2.22. The van der Waals surface area contributed by atoms with E-state index in [1.54, 1.807) is 24.3 Å². The molecule has 6 nitrogen and oxygen atoms in total. The lowest BCUT2D eigenvalue weighted by atomic mass is 10.1. The highest BCUT2D eigenvalue weighted by molar-refractivity contribution is 6.00. The first-order valence-corrected chi connectivity index (χ1v) is 8.23. The number of benzene rings is 2. The number of aryl methyl sites for hydroxylation is 1. The van der Waals surface area contributed by atoms with Gasteiger partial charge in [0, 0.05) is 29.5 Å². The van der Waals surface area contributed by atoms with Gasteiger partial charge in [0.1, 0.15) is 0 Å². The number of nitrogens with one attached hydrogen (secondary N) is 3. The molecule has 0 aromatic heterocycles. The van der Waals surface area contributed by atoms with Crippen molar-refractivity contribution >= 4 is 29.0 Å². The summed E-state index contributed by atoms with van der Waals surface area (Å²) in [4.78, 5) is 24.0. The summed E-state index contributed by atoms with van der Waals surface area (Å²) >= 11 is 0. The number of para-hydroxylation sites is 1. The maximum atomic E-state index is 12.1. The van der Waals surface area contributed by atoms with Crippen LogP contribution in [0.15, 0.2) is 48.5 Å². The van der Waals surface area contributed by atoms with Gasteiger partial charge in [-0.05, 0) is 50.1 Å². The molecule has 0 spiro atoms. The zero-order valence-electron chi connectivity index (χ0n) is 14.5. The van der Waals surface area contributed by atoms with Gasteiger partial charge in [-0.1, -0.05) is 24.3 Å². The fourth-order valence-corrected chi connectivity index (χ4v) is 2.22. The maximum Gasteiger partial charge on any atom is 0.323 e. The van der Waals surface area contributed by atoms with Gasteiger partial charge in [0.25, 0.3) is 0 Å². The van der Waals surface area contributed by atoms with Crippen molar-refractivity contribution in [1.29, 1.82) is 0 Å². The summed E-state index contributed by atoms with van der Waals surface area (Å²) in [6.45, 7) is 3.77. The molecule has 0 bridgehead atoms. The second-order valence-corrected chi connectivity index (χ2v) is 6.04. The number of hydrogen-bond donors (Lipinski definition) is 4. The molecule has 2 rings (SSSR count). The van der Waals surface area contributed by atoms with E-state index in [9.17, 15) is 9.59 Å². The lowest BCUT2D eigenvalue weighted by Gasteiger charge is -2.12. The highest BCUT2D eigenvalue weighted by Crippen LogP contribution is 2.21. The van der Waals surface area contributed by atoms with E-state index >= 15 is 0 Å². The summed E-state index contributed by atoms with van der Waals surface area (Å²) in [6, 6.07) is 14.2. The van der Waals surface area contributed by atoms with Crippen molar-refractivity contribution in [1.82, 2.24) is 0 Å². The summed E-state index contributed by atoms with van der Waals surface area (Å²) < 4.78 is 0. The quantitative estimate of drug-likeness (QED) is 0.645. The van der Waals surface area contributed by atoms with E-state index < -0.39 is 0 Å². The molecule has 2 aromatic rings. The van der Waals surface area contributed by atoms with Crippen LogP contribution in [0.3, 0.4) is 0 Å². The monoisotopic (exact) mass is 340 g/mol. The Hall–Kier alpha value is -2.86. The summed E-state index contributed by atoms with van der Waals surface area (Å²) in [5.74, 6) is -0.0914. The molecule has 0 saturated heterocycles. The molecular weight excluding hydrogens is 316 g/mol. The summed E-state index contributed by atoms with van der Waals surface area (Å²) in [6.07, 6.45) is 0.992. The van der Waals surface area contributed by atoms with Gasteiger partial charge in [-0.25, -0.2) is 4.79 Å². The van der Waals surface area contributed by atoms with Crippen molar-refractivity contribution in [2.45, 2.75) is 32.7 Å². The van der Waals surface area contributed by atoms with Gasteiger partial charge in [0.15, 0.2) is 0 Å². The van der Waals surface area contributed by atoms with Crippen molar-refractivity contribution in [3.05, 3.63) is 54.1 Å². The highest BCUT2D eigenvalue weighted by atomic mass is 16.2. The molecule has 0 aliphatic rings. The lowest BCUT2D eigenvalue weighted by Crippen LogP contribution is -2.21. The van der Waals surface area contributed by atoms with Crippen molar-refractivity contribution < 1.29 is 9.59 Å². The molecule has 132 valence electrons. The van der Waals surface area contributed by atoms with E-state index in [1.807, 2.05) is 38.1 Å². The second kappa shape index (κ2) is 8.84. The molecule has 0 aliphatic heterocycles. The van der Waals surface area contributed by atoms with E-state index in [1.165, 1.54) is 0 Å². The molecule has 0 saturated carbocycles. The van der Waals surface area contributed by atoms with Crippen LogP contribution >= 0.6 is 0 Å². The number of urea groups is 1. The molecule has 5 N–H and O–H groups in total. The average molecular weight is 340 g/mol. The predicted molar refractivity (Wildman–Crippen MR) is 102 cm³/mol. The third-order valence-corrected chi connectivity index (χ3v) is 3.63. The minimum Gasteiger partial charge on any atom is -0.328 e. The first-order valence-electron chi connectivity index (χ1n) is 8.23. The Morgan fingerprint density at radius 2 is 1.68 bits per heavy atom. The van der Waals surface area contributed by atoms with Crippen LogP contribution in [0.1, 0.15) is 25.3 Å². The van der Waals surface area contributed by atoms with Gasteiger partial charge >= 0.3 is 6.03 Å². The molecule has 25 heavy (non-hydrogen) atoms. The number of rotatable bonds is 6. The summed E-state index contributed by atoms with van der Waals surface area (Å²) in [5.41, 5.74) is 8.57. The standard InChI is InChI=1S/C19H24N4O2/c1-13-8-10-16(12-17(13)23-18(24)11-9-14(2)20)22-19(25)21-15-6-4-3-5-7-15/h3-8,10,12,14H,9,11,20H2,1-2H3,(H,23,24)(H2,21,22,25). The van der Waals surface area contributed by atoms with Gasteiger partial charge in [-0.15, -0.1) is 0 Å². The topological polar surface area (TPSA) is 96.2 Å². The van der Waals surface area contributed by atoms with Crippen molar-refractivity contribution in [3.63, 3.8) is 0 Å². The van der Waals surface area contributed by atoms with Gasteiger partial charge in [0.2, 0.25) is 5.91 Å². The Balaban J connectivity index is 1.98. The Labute approximate surface area is 147 Å². The molecule has 0 fully saturated rings. The van der Waals surface area contributed by atoms with Crippen molar-refractivity contribution in [3.8, 4) is 0 Å². The number of nitrogens with two attached hydrogens (primary N) is 1. The van der Waals surface area contributed by atoms with Gasteiger partial charge in [0.05, 0.1) is 0 Å². The van der Waals surface area contributed by atoms with Crippen LogP contribution in [-0.4, -0.2) is 18.0 Å². The Bertz CT molecular complexity index is 729. The number of hydrogen-bond acceptors (Lipinski definition) is 3. The Kier molecular flexibility index (Phi) is 6.54. The molecular formula is C19H24N4O2. The SMILES string of the molecule is Cc1ccc(NC(=O)Nc2ccccc2)cc1NC(=O)CCC(C)N. The van der Waals surface area contributed by atoms with E-state index in [-0.39, 0.29) is 18.0 Å². The molecule has 0 heterocycles. The molecule has 6 heteroatoms. The number of carbonyl (C=O) groups excluding carboxylic acids is 2. The predicted octanol–water partition coefficient (Wildman–Crippen LogP) is 3.70. The highest BCUT2D eigenvalue weighted by Gasteiger charge is 2.09. The third-order valence-electron chi connectivity index (χ3n) is 3.63. The van der Waals surface area contributed by atoms with Crippen LogP contribution in [0.5, 0.6) is 0 Å². The number of amides is 3. The van der Waals surface area contributed by atoms with Crippen LogP contribution in [0, 0.1) is 6.92 Å². The fraction of sp³-hybridized carbons (Fsp3) is 0.263. The molecule has 2 aromatic carbocycles. The van der Waals surface area contributed by atoms with Crippen LogP contribution in [-0.2, 0) is 4.79 Å². The molecule has 1 atom stereocenters. The van der Waals surface area contributed by atoms with Gasteiger partial charge in [-0.3, -0.25) is 4.79 Å². The van der Waals surface area contributed by atoms with E-state index in [0.717, 1.165) is 5.56 Å². The molecule has 1 unspecified atom stereocenters. The Morgan fingerprint density at radius 1 is 1.00 bits per heavy atom. The normalized spacial score (nSPS) is 11.5. The largest absolute Gasteiger partial charge is 0.328 e. The van der Waals surface area contributed by atoms with Crippen LogP contribution in [0.25, 0.3) is 0 Å². The summed E-state index contributed by atoms with van der Waals surface area (Å²) in [7, 11) is 0. The maximum absolute atomic E-state index is 12.1. The second-order valence-electron chi connectivity index (χ2n) is 6.04. The molecule has 0 aliphatic carbocycles. The van der Waals surface area contributed by atoms with E-state index in [4.69, 9.17) is 5.73 Å². The van der Waals surface area contributed by atoms with Crippen LogP contribution in [0.2, 0.25) is 0 Å². The molecule has 3 amide bonds. The number of carbonyl (C=O) groups is 2. The van der Waals surface area contributed by atoms with Crippen LogP contribution < -0.4 is 21.7 Å². The van der Waals surface area contributed by atoms with E-state index in [2.05, 4.69) is 16.0 Å². The van der Waals surface area contributed by atoms with Crippen molar-refractivity contribution in [2.24, 2.45) is 5.73 Å². The first-order chi connectivity index (χ1) is 11.9. The van der Waals surface area contributed by atoms with Crippen molar-refractivity contribution in [2.75, 3.05) is 16.0 Å². The minimum absolute atomic E-state index is 0.0125. The third kappa shape index (κ3) is 6.27.